The number of carbonyl (C=O) groups is 1. The second-order valence-electron chi connectivity index (χ2n) is 5.10. The number of nitrogens with zero attached hydrogens (tertiary/aromatic N) is 2. The van der Waals surface area contributed by atoms with Gasteiger partial charge in [0.2, 0.25) is 0 Å². The topological polar surface area (TPSA) is 45.5 Å². The fraction of sp³-hybridized carbons (Fsp3) is 0.400. The van der Waals surface area contributed by atoms with Gasteiger partial charge in [-0.2, -0.15) is 0 Å². The highest BCUT2D eigenvalue weighted by atomic mass is 16.3. The molecule has 1 saturated carbocycles. The van der Waals surface area contributed by atoms with Crippen molar-refractivity contribution in [3.63, 3.8) is 0 Å². The number of aryl methyl sites for hydroxylation is 1. The molecule has 0 radical (unpaired) electrons. The highest BCUT2D eigenvalue weighted by Gasteiger charge is 2.33. The van der Waals surface area contributed by atoms with Gasteiger partial charge < -0.3 is 14.6 Å². The van der Waals surface area contributed by atoms with E-state index in [9.17, 15) is 4.79 Å². The summed E-state index contributed by atoms with van der Waals surface area (Å²) in [6, 6.07) is 10.2. The van der Waals surface area contributed by atoms with Crippen molar-refractivity contribution in [2.75, 3.05) is 13.2 Å². The lowest BCUT2D eigenvalue weighted by Gasteiger charge is -2.21. The quantitative estimate of drug-likeness (QED) is 0.908. The largest absolute Gasteiger partial charge is 0.395 e. The molecule has 1 aromatic carbocycles. The smallest absolute Gasteiger partial charge is 0.270 e. The number of rotatable bonds is 4. The zero-order chi connectivity index (χ0) is 13.4. The maximum absolute atomic E-state index is 12.6. The summed E-state index contributed by atoms with van der Waals surface area (Å²) in [7, 11) is 1.92. The Morgan fingerprint density at radius 1 is 1.42 bits per heavy atom. The Hall–Kier alpha value is -1.81. The number of amides is 1. The van der Waals surface area contributed by atoms with Gasteiger partial charge in [-0.25, -0.2) is 0 Å². The lowest BCUT2D eigenvalue weighted by atomic mass is 10.2. The van der Waals surface area contributed by atoms with E-state index in [1.165, 1.54) is 0 Å². The second kappa shape index (κ2) is 4.70. The van der Waals surface area contributed by atoms with Crippen LogP contribution in [0.2, 0.25) is 0 Å². The first-order valence-electron chi connectivity index (χ1n) is 6.68. The van der Waals surface area contributed by atoms with Crippen LogP contribution in [0.5, 0.6) is 0 Å². The van der Waals surface area contributed by atoms with Gasteiger partial charge in [-0.15, -0.1) is 0 Å². The molecular formula is C15H18N2O2. The van der Waals surface area contributed by atoms with Gasteiger partial charge in [0.1, 0.15) is 5.69 Å². The number of hydrogen-bond acceptors (Lipinski definition) is 2. The number of carbonyl (C=O) groups excluding carboxylic acids is 1. The molecule has 0 aliphatic heterocycles. The lowest BCUT2D eigenvalue weighted by Crippen LogP contribution is -2.36. The molecule has 1 aromatic heterocycles. The number of aliphatic hydroxyl groups is 1. The Kier molecular flexibility index (Phi) is 3.03. The fourth-order valence-corrected chi connectivity index (χ4v) is 2.59. The fourth-order valence-electron chi connectivity index (χ4n) is 2.59. The SMILES string of the molecule is Cn1c(C(=O)N(CCO)C2CC2)cc2ccccc21. The van der Waals surface area contributed by atoms with Gasteiger partial charge in [0, 0.05) is 30.5 Å². The number of fused-ring (bicyclic) bond motifs is 1. The van der Waals surface area contributed by atoms with Crippen molar-refractivity contribution in [1.29, 1.82) is 0 Å². The van der Waals surface area contributed by atoms with E-state index < -0.39 is 0 Å². The predicted octanol–water partition coefficient (Wildman–Crippen LogP) is 1.78. The van der Waals surface area contributed by atoms with Crippen molar-refractivity contribution in [2.45, 2.75) is 18.9 Å². The summed E-state index contributed by atoms with van der Waals surface area (Å²) in [6.07, 6.45) is 2.10. The second-order valence-corrected chi connectivity index (χ2v) is 5.10. The van der Waals surface area contributed by atoms with Crippen LogP contribution in [0.1, 0.15) is 23.3 Å². The van der Waals surface area contributed by atoms with Gasteiger partial charge in [-0.3, -0.25) is 4.79 Å². The number of benzene rings is 1. The van der Waals surface area contributed by atoms with Crippen LogP contribution in [-0.4, -0.2) is 39.7 Å². The van der Waals surface area contributed by atoms with Crippen molar-refractivity contribution in [3.8, 4) is 0 Å². The molecule has 2 aromatic rings. The van der Waals surface area contributed by atoms with E-state index in [2.05, 4.69) is 0 Å². The van der Waals surface area contributed by atoms with Crippen molar-refractivity contribution in [2.24, 2.45) is 7.05 Å². The predicted molar refractivity (Wildman–Crippen MR) is 74.1 cm³/mol. The van der Waals surface area contributed by atoms with Crippen LogP contribution < -0.4 is 0 Å². The Labute approximate surface area is 112 Å². The minimum Gasteiger partial charge on any atom is -0.395 e. The van der Waals surface area contributed by atoms with E-state index in [1.54, 1.807) is 4.90 Å². The Morgan fingerprint density at radius 3 is 2.79 bits per heavy atom. The molecule has 100 valence electrons. The summed E-state index contributed by atoms with van der Waals surface area (Å²) in [5.41, 5.74) is 1.76. The third kappa shape index (κ3) is 2.12. The highest BCUT2D eigenvalue weighted by molar-refractivity contribution is 5.99. The minimum atomic E-state index is 0.0200. The summed E-state index contributed by atoms with van der Waals surface area (Å²) in [6.45, 7) is 0.442. The standard InChI is InChI=1S/C15H18N2O2/c1-16-13-5-3-2-4-11(13)10-14(16)15(19)17(8-9-18)12-6-7-12/h2-5,10,12,18H,6-9H2,1H3. The van der Waals surface area contributed by atoms with Crippen molar-refractivity contribution in [3.05, 3.63) is 36.0 Å². The highest BCUT2D eigenvalue weighted by Crippen LogP contribution is 2.29. The molecule has 0 atom stereocenters. The zero-order valence-corrected chi connectivity index (χ0v) is 11.0. The Balaban J connectivity index is 1.98. The van der Waals surface area contributed by atoms with Crippen LogP contribution in [0.4, 0.5) is 0 Å². The van der Waals surface area contributed by atoms with E-state index in [0.29, 0.717) is 18.3 Å². The van der Waals surface area contributed by atoms with E-state index in [0.717, 1.165) is 23.7 Å². The maximum Gasteiger partial charge on any atom is 0.270 e. The van der Waals surface area contributed by atoms with Gasteiger partial charge in [-0.1, -0.05) is 18.2 Å². The molecule has 1 amide bonds. The molecule has 0 bridgehead atoms. The number of aromatic nitrogens is 1. The average molecular weight is 258 g/mol. The van der Waals surface area contributed by atoms with E-state index in [4.69, 9.17) is 5.11 Å². The van der Waals surface area contributed by atoms with Crippen LogP contribution >= 0.6 is 0 Å². The molecule has 1 fully saturated rings. The van der Waals surface area contributed by atoms with Crippen LogP contribution in [-0.2, 0) is 7.05 Å². The summed E-state index contributed by atoms with van der Waals surface area (Å²) in [5.74, 6) is 0.0234. The summed E-state index contributed by atoms with van der Waals surface area (Å²) < 4.78 is 1.93. The maximum atomic E-state index is 12.6. The molecule has 0 unspecified atom stereocenters. The van der Waals surface area contributed by atoms with Gasteiger partial charge >= 0.3 is 0 Å². The molecule has 1 N–H and O–H groups in total. The van der Waals surface area contributed by atoms with Gasteiger partial charge in [0.05, 0.1) is 6.61 Å². The number of hydrogen-bond donors (Lipinski definition) is 1. The molecule has 3 rings (SSSR count). The van der Waals surface area contributed by atoms with Crippen LogP contribution in [0.3, 0.4) is 0 Å². The average Bonchev–Trinajstić information content (AvgIpc) is 3.21. The number of para-hydroxylation sites is 1. The first-order chi connectivity index (χ1) is 9.22. The molecule has 0 saturated heterocycles. The molecule has 1 aliphatic carbocycles. The number of aliphatic hydroxyl groups excluding tert-OH is 1. The van der Waals surface area contributed by atoms with Gasteiger partial charge in [-0.05, 0) is 25.0 Å². The van der Waals surface area contributed by atoms with E-state index in [-0.39, 0.29) is 12.5 Å². The zero-order valence-electron chi connectivity index (χ0n) is 11.0. The molecular weight excluding hydrogens is 240 g/mol. The van der Waals surface area contributed by atoms with Gasteiger partial charge in [0.25, 0.3) is 5.91 Å². The van der Waals surface area contributed by atoms with Crippen molar-refractivity contribution < 1.29 is 9.90 Å². The molecule has 1 aliphatic rings. The molecule has 0 spiro atoms. The van der Waals surface area contributed by atoms with Crippen LogP contribution in [0, 0.1) is 0 Å². The monoisotopic (exact) mass is 258 g/mol. The normalized spacial score (nSPS) is 14.8. The van der Waals surface area contributed by atoms with Crippen molar-refractivity contribution in [1.82, 2.24) is 9.47 Å². The first kappa shape index (κ1) is 12.2. The van der Waals surface area contributed by atoms with Crippen molar-refractivity contribution >= 4 is 16.8 Å². The molecule has 1 heterocycles. The van der Waals surface area contributed by atoms with E-state index >= 15 is 0 Å². The molecule has 4 nitrogen and oxygen atoms in total. The van der Waals surface area contributed by atoms with E-state index in [1.807, 2.05) is 41.9 Å². The van der Waals surface area contributed by atoms with Gasteiger partial charge in [0.15, 0.2) is 0 Å². The first-order valence-corrected chi connectivity index (χ1v) is 6.68. The van der Waals surface area contributed by atoms with Crippen LogP contribution in [0.15, 0.2) is 30.3 Å². The third-order valence-electron chi connectivity index (χ3n) is 3.76. The summed E-state index contributed by atoms with van der Waals surface area (Å²) in [4.78, 5) is 14.4. The Morgan fingerprint density at radius 2 is 2.16 bits per heavy atom. The Bertz CT molecular complexity index is 614. The lowest BCUT2D eigenvalue weighted by molar-refractivity contribution is 0.0698. The molecule has 4 heteroatoms. The van der Waals surface area contributed by atoms with Crippen LogP contribution in [0.25, 0.3) is 10.9 Å². The third-order valence-corrected chi connectivity index (χ3v) is 3.76. The minimum absolute atomic E-state index is 0.0200. The summed E-state index contributed by atoms with van der Waals surface area (Å²) in [5, 5.41) is 10.2. The molecule has 19 heavy (non-hydrogen) atoms. The summed E-state index contributed by atoms with van der Waals surface area (Å²) >= 11 is 0.